The second kappa shape index (κ2) is 7.14. The lowest BCUT2D eigenvalue weighted by molar-refractivity contribution is -0.127. The number of aliphatic hydroxyl groups is 3. The summed E-state index contributed by atoms with van der Waals surface area (Å²) in [5.41, 5.74) is 5.65. The zero-order chi connectivity index (χ0) is 11.9. The first-order valence-electron chi connectivity index (χ1n) is 5.25. The molecule has 1 aliphatic rings. The molecule has 1 aliphatic carbocycles. The maximum absolute atomic E-state index is 8.44. The Morgan fingerprint density at radius 3 is 2.20 bits per heavy atom. The molecule has 1 saturated carbocycles. The van der Waals surface area contributed by atoms with Crippen molar-refractivity contribution in [2.75, 3.05) is 13.2 Å². The fourth-order valence-corrected chi connectivity index (χ4v) is 1.34. The molecule has 0 bridgehead atoms. The molecule has 0 aromatic carbocycles. The summed E-state index contributed by atoms with van der Waals surface area (Å²) in [5, 5.41) is 24.6. The highest BCUT2D eigenvalue weighted by molar-refractivity contribution is 4.77. The van der Waals surface area contributed by atoms with Crippen LogP contribution in [0.1, 0.15) is 33.1 Å². The van der Waals surface area contributed by atoms with Gasteiger partial charge in [-0.15, -0.1) is 0 Å². The normalized spacial score (nSPS) is 26.0. The Bertz CT molecular complexity index is 152. The van der Waals surface area contributed by atoms with Gasteiger partial charge in [0, 0.05) is 6.04 Å². The van der Waals surface area contributed by atoms with Crippen LogP contribution in [0, 0.1) is 0 Å². The molecule has 0 spiro atoms. The Balaban J connectivity index is 0.000000336. The first-order valence-corrected chi connectivity index (χ1v) is 5.25. The van der Waals surface area contributed by atoms with Gasteiger partial charge in [-0.05, 0) is 33.1 Å². The number of hydrogen-bond donors (Lipinski definition) is 4. The van der Waals surface area contributed by atoms with Crippen LogP contribution in [0.4, 0.5) is 0 Å². The van der Waals surface area contributed by atoms with Crippen molar-refractivity contribution in [3.8, 4) is 0 Å². The number of nitrogens with two attached hydrogens (primary N) is 1. The summed E-state index contributed by atoms with van der Waals surface area (Å²) in [6, 6.07) is 0.323. The Morgan fingerprint density at radius 1 is 1.33 bits per heavy atom. The summed E-state index contributed by atoms with van der Waals surface area (Å²) in [4.78, 5) is 0. The largest absolute Gasteiger partial charge is 0.394 e. The summed E-state index contributed by atoms with van der Waals surface area (Å²) in [7, 11) is 0. The second-order valence-electron chi connectivity index (χ2n) is 4.28. The van der Waals surface area contributed by atoms with Crippen LogP contribution < -0.4 is 5.73 Å². The highest BCUT2D eigenvalue weighted by atomic mass is 16.5. The fraction of sp³-hybridized carbons (Fsp3) is 1.00. The molecular weight excluding hydrogens is 198 g/mol. The van der Waals surface area contributed by atoms with E-state index in [0.717, 1.165) is 19.3 Å². The van der Waals surface area contributed by atoms with Crippen molar-refractivity contribution in [3.05, 3.63) is 0 Å². The first-order chi connectivity index (χ1) is 6.83. The molecule has 0 amide bonds. The zero-order valence-electron chi connectivity index (χ0n) is 9.52. The molecule has 0 aromatic heterocycles. The lowest BCUT2D eigenvalue weighted by atomic mass is 10.3. The Kier molecular flexibility index (Phi) is 7.04. The van der Waals surface area contributed by atoms with Gasteiger partial charge in [-0.3, -0.25) is 0 Å². The van der Waals surface area contributed by atoms with E-state index in [-0.39, 0.29) is 6.61 Å². The molecule has 0 saturated heterocycles. The molecule has 0 heterocycles. The van der Waals surface area contributed by atoms with Crippen LogP contribution in [-0.4, -0.2) is 46.5 Å². The van der Waals surface area contributed by atoms with E-state index in [1.807, 2.05) is 0 Å². The summed E-state index contributed by atoms with van der Waals surface area (Å²) >= 11 is 0. The van der Waals surface area contributed by atoms with E-state index in [9.17, 15) is 0 Å². The van der Waals surface area contributed by atoms with Crippen molar-refractivity contribution in [1.82, 2.24) is 0 Å². The lowest BCUT2D eigenvalue weighted by Gasteiger charge is -2.08. The Morgan fingerprint density at radius 2 is 1.87 bits per heavy atom. The maximum atomic E-state index is 8.44. The molecule has 5 nitrogen and oxygen atoms in total. The van der Waals surface area contributed by atoms with E-state index in [2.05, 4.69) is 0 Å². The number of aliphatic hydroxyl groups excluding tert-OH is 1. The molecule has 2 atom stereocenters. The van der Waals surface area contributed by atoms with Gasteiger partial charge in [0.2, 0.25) is 0 Å². The van der Waals surface area contributed by atoms with Crippen LogP contribution in [0.25, 0.3) is 0 Å². The van der Waals surface area contributed by atoms with E-state index in [1.54, 1.807) is 0 Å². The smallest absolute Gasteiger partial charge is 0.156 e. The van der Waals surface area contributed by atoms with Crippen molar-refractivity contribution in [1.29, 1.82) is 0 Å². The molecule has 92 valence electrons. The van der Waals surface area contributed by atoms with Gasteiger partial charge >= 0.3 is 0 Å². The molecule has 0 aliphatic heterocycles. The van der Waals surface area contributed by atoms with Crippen LogP contribution in [0.3, 0.4) is 0 Å². The third-order valence-electron chi connectivity index (χ3n) is 1.87. The van der Waals surface area contributed by atoms with Gasteiger partial charge in [-0.1, -0.05) is 0 Å². The second-order valence-corrected chi connectivity index (χ2v) is 4.28. The minimum atomic E-state index is -1.50. The van der Waals surface area contributed by atoms with E-state index in [1.165, 1.54) is 13.8 Å². The minimum Gasteiger partial charge on any atom is -0.394 e. The van der Waals surface area contributed by atoms with Crippen molar-refractivity contribution in [3.63, 3.8) is 0 Å². The summed E-state index contributed by atoms with van der Waals surface area (Å²) in [5.74, 6) is -1.50. The van der Waals surface area contributed by atoms with E-state index in [4.69, 9.17) is 25.8 Å². The molecule has 1 fully saturated rings. The fourth-order valence-electron chi connectivity index (χ4n) is 1.34. The molecular formula is C10H23NO4. The van der Waals surface area contributed by atoms with Crippen LogP contribution in [0.5, 0.6) is 0 Å². The standard InChI is InChI=1S/C7H15NO2.C3H8O2/c8-6-1-2-7(5-6)10-4-3-9;1-3(2,4)5/h6-7,9H,1-5,8H2;4-5H,1-2H3. The first kappa shape index (κ1) is 14.8. The number of rotatable bonds is 3. The van der Waals surface area contributed by atoms with Gasteiger partial charge in [0.05, 0.1) is 19.3 Å². The summed E-state index contributed by atoms with van der Waals surface area (Å²) in [6.07, 6.45) is 3.39. The third kappa shape index (κ3) is 11.7. The average molecular weight is 221 g/mol. The molecule has 5 heteroatoms. The average Bonchev–Trinajstić information content (AvgIpc) is 2.45. The van der Waals surface area contributed by atoms with Gasteiger partial charge < -0.3 is 25.8 Å². The van der Waals surface area contributed by atoms with Crippen molar-refractivity contribution < 1.29 is 20.1 Å². The molecule has 1 rings (SSSR count). The van der Waals surface area contributed by atoms with Gasteiger partial charge in [0.25, 0.3) is 0 Å². The predicted octanol–water partition coefficient (Wildman–Crippen LogP) is -0.418. The van der Waals surface area contributed by atoms with Crippen molar-refractivity contribution in [2.45, 2.75) is 51.0 Å². The van der Waals surface area contributed by atoms with Gasteiger partial charge in [-0.2, -0.15) is 0 Å². The summed E-state index contributed by atoms with van der Waals surface area (Å²) in [6.45, 7) is 3.17. The predicted molar refractivity (Wildman–Crippen MR) is 57.2 cm³/mol. The van der Waals surface area contributed by atoms with E-state index >= 15 is 0 Å². The quantitative estimate of drug-likeness (QED) is 0.486. The van der Waals surface area contributed by atoms with Gasteiger partial charge in [0.15, 0.2) is 5.79 Å². The summed E-state index contributed by atoms with van der Waals surface area (Å²) < 4.78 is 5.29. The highest BCUT2D eigenvalue weighted by Crippen LogP contribution is 2.19. The molecule has 2 unspecified atom stereocenters. The van der Waals surface area contributed by atoms with Crippen LogP contribution in [0.15, 0.2) is 0 Å². The third-order valence-corrected chi connectivity index (χ3v) is 1.87. The molecule has 15 heavy (non-hydrogen) atoms. The topological polar surface area (TPSA) is 95.9 Å². The maximum Gasteiger partial charge on any atom is 0.156 e. The van der Waals surface area contributed by atoms with E-state index in [0.29, 0.717) is 18.8 Å². The van der Waals surface area contributed by atoms with Crippen molar-refractivity contribution in [2.24, 2.45) is 5.73 Å². The molecule has 5 N–H and O–H groups in total. The zero-order valence-corrected chi connectivity index (χ0v) is 9.52. The van der Waals surface area contributed by atoms with E-state index < -0.39 is 5.79 Å². The molecule has 0 aromatic rings. The minimum absolute atomic E-state index is 0.117. The van der Waals surface area contributed by atoms with Crippen LogP contribution in [-0.2, 0) is 4.74 Å². The highest BCUT2D eigenvalue weighted by Gasteiger charge is 2.21. The van der Waals surface area contributed by atoms with Gasteiger partial charge in [0.1, 0.15) is 0 Å². The SMILES string of the molecule is CC(C)(O)O.NC1CCC(OCCO)C1. The van der Waals surface area contributed by atoms with Gasteiger partial charge in [-0.25, -0.2) is 0 Å². The van der Waals surface area contributed by atoms with Crippen LogP contribution in [0.2, 0.25) is 0 Å². The molecule has 0 radical (unpaired) electrons. The van der Waals surface area contributed by atoms with Crippen molar-refractivity contribution >= 4 is 0 Å². The Labute approximate surface area is 90.9 Å². The number of ether oxygens (including phenoxy) is 1. The number of hydrogen-bond acceptors (Lipinski definition) is 5. The lowest BCUT2D eigenvalue weighted by Crippen LogP contribution is -2.18. The monoisotopic (exact) mass is 221 g/mol. The van der Waals surface area contributed by atoms with Crippen LogP contribution >= 0.6 is 0 Å². The Hall–Kier alpha value is -0.200.